The minimum atomic E-state index is 0.621. The number of benzene rings is 1. The van der Waals surface area contributed by atoms with E-state index in [9.17, 15) is 0 Å². The van der Waals surface area contributed by atoms with Crippen LogP contribution in [0.4, 0.5) is 0 Å². The molecule has 1 aliphatic heterocycles. The van der Waals surface area contributed by atoms with E-state index in [2.05, 4.69) is 15.5 Å². The summed E-state index contributed by atoms with van der Waals surface area (Å²) in [6.45, 7) is 2.18. The Morgan fingerprint density at radius 3 is 2.95 bits per heavy atom. The van der Waals surface area contributed by atoms with Gasteiger partial charge < -0.3 is 9.84 Å². The Morgan fingerprint density at radius 2 is 2.19 bits per heavy atom. The second-order valence-corrected chi connectivity index (χ2v) is 6.75. The van der Waals surface area contributed by atoms with Crippen LogP contribution in [-0.4, -0.2) is 23.2 Å². The van der Waals surface area contributed by atoms with Crippen LogP contribution in [0, 0.1) is 5.92 Å². The maximum absolute atomic E-state index is 5.87. The van der Waals surface area contributed by atoms with Gasteiger partial charge in [-0.15, -0.1) is 11.8 Å². The number of nitrogens with one attached hydrogen (secondary N) is 1. The molecule has 2 aromatic rings. The van der Waals surface area contributed by atoms with Crippen molar-refractivity contribution in [3.63, 3.8) is 0 Å². The number of nitrogens with zero attached hydrogens (tertiary/aromatic N) is 2. The van der Waals surface area contributed by atoms with Crippen LogP contribution < -0.4 is 5.32 Å². The Labute approximate surface area is 133 Å². The van der Waals surface area contributed by atoms with Gasteiger partial charge in [0.15, 0.2) is 5.82 Å². The molecule has 1 aliphatic rings. The molecule has 1 unspecified atom stereocenters. The molecule has 1 atom stereocenters. The predicted octanol–water partition coefficient (Wildman–Crippen LogP) is 3.56. The van der Waals surface area contributed by atoms with Crippen LogP contribution in [0.2, 0.25) is 5.02 Å². The highest BCUT2D eigenvalue weighted by Crippen LogP contribution is 2.23. The van der Waals surface area contributed by atoms with Crippen molar-refractivity contribution in [3.8, 4) is 0 Å². The summed E-state index contributed by atoms with van der Waals surface area (Å²) >= 11 is 7.56. The van der Waals surface area contributed by atoms with Crippen LogP contribution in [0.5, 0.6) is 0 Å². The maximum Gasteiger partial charge on any atom is 0.226 e. The summed E-state index contributed by atoms with van der Waals surface area (Å²) in [5.41, 5.74) is 0. The van der Waals surface area contributed by atoms with Crippen molar-refractivity contribution >= 4 is 23.4 Å². The first kappa shape index (κ1) is 14.9. The number of piperidine rings is 1. The summed E-state index contributed by atoms with van der Waals surface area (Å²) in [6.07, 6.45) is 3.36. The number of hydrogen-bond acceptors (Lipinski definition) is 5. The highest BCUT2D eigenvalue weighted by atomic mass is 35.5. The lowest BCUT2D eigenvalue weighted by Gasteiger charge is -2.20. The van der Waals surface area contributed by atoms with E-state index in [-0.39, 0.29) is 0 Å². The first-order chi connectivity index (χ1) is 10.3. The van der Waals surface area contributed by atoms with E-state index in [0.717, 1.165) is 41.1 Å². The fourth-order valence-corrected chi connectivity index (χ4v) is 3.32. The van der Waals surface area contributed by atoms with Crippen LogP contribution in [-0.2, 0) is 12.2 Å². The third-order valence-corrected chi connectivity index (χ3v) is 4.81. The van der Waals surface area contributed by atoms with Crippen LogP contribution in [0.25, 0.3) is 0 Å². The van der Waals surface area contributed by atoms with Gasteiger partial charge in [-0.3, -0.25) is 0 Å². The lowest BCUT2D eigenvalue weighted by Crippen LogP contribution is -2.30. The summed E-state index contributed by atoms with van der Waals surface area (Å²) in [4.78, 5) is 5.64. The molecule has 2 heterocycles. The van der Waals surface area contributed by atoms with Gasteiger partial charge in [-0.05, 0) is 56.1 Å². The van der Waals surface area contributed by atoms with Crippen molar-refractivity contribution in [2.75, 3.05) is 13.1 Å². The quantitative estimate of drug-likeness (QED) is 0.853. The maximum atomic E-state index is 5.87. The van der Waals surface area contributed by atoms with Gasteiger partial charge in [0.2, 0.25) is 5.89 Å². The standard InChI is InChI=1S/C15H18ClN3OS/c16-12-3-5-13(6-4-12)21-10-14-18-15(20-19-14)8-11-2-1-7-17-9-11/h3-6,11,17H,1-2,7-10H2. The Bertz CT molecular complexity index is 567. The monoisotopic (exact) mass is 323 g/mol. The summed E-state index contributed by atoms with van der Waals surface area (Å²) in [5.74, 6) is 2.86. The van der Waals surface area contributed by atoms with Gasteiger partial charge in [0.1, 0.15) is 0 Å². The van der Waals surface area contributed by atoms with Gasteiger partial charge in [-0.2, -0.15) is 4.98 Å². The molecule has 21 heavy (non-hydrogen) atoms. The number of rotatable bonds is 5. The van der Waals surface area contributed by atoms with Crippen molar-refractivity contribution in [2.45, 2.75) is 29.9 Å². The van der Waals surface area contributed by atoms with E-state index in [1.165, 1.54) is 12.8 Å². The smallest absolute Gasteiger partial charge is 0.226 e. The molecule has 0 aliphatic carbocycles. The molecule has 1 aromatic carbocycles. The minimum Gasteiger partial charge on any atom is -0.339 e. The number of halogens is 1. The molecule has 1 N–H and O–H groups in total. The van der Waals surface area contributed by atoms with Crippen molar-refractivity contribution in [1.82, 2.24) is 15.5 Å². The zero-order valence-electron chi connectivity index (χ0n) is 11.7. The van der Waals surface area contributed by atoms with E-state index in [0.29, 0.717) is 11.7 Å². The molecular formula is C15H18ClN3OS. The molecule has 1 saturated heterocycles. The van der Waals surface area contributed by atoms with Crippen molar-refractivity contribution in [3.05, 3.63) is 41.0 Å². The largest absolute Gasteiger partial charge is 0.339 e. The summed E-state index contributed by atoms with van der Waals surface area (Å²) in [7, 11) is 0. The number of thioether (sulfide) groups is 1. The summed E-state index contributed by atoms with van der Waals surface area (Å²) in [6, 6.07) is 7.78. The summed E-state index contributed by atoms with van der Waals surface area (Å²) in [5, 5.41) is 8.22. The van der Waals surface area contributed by atoms with E-state index >= 15 is 0 Å². The van der Waals surface area contributed by atoms with Gasteiger partial charge in [-0.1, -0.05) is 16.8 Å². The fourth-order valence-electron chi connectivity index (χ4n) is 2.46. The van der Waals surface area contributed by atoms with E-state index in [1.807, 2.05) is 24.3 Å². The average molecular weight is 324 g/mol. The van der Waals surface area contributed by atoms with Gasteiger partial charge in [0, 0.05) is 16.3 Å². The zero-order valence-corrected chi connectivity index (χ0v) is 13.3. The molecule has 6 heteroatoms. The lowest BCUT2D eigenvalue weighted by molar-refractivity contribution is 0.315. The Hall–Kier alpha value is -1.04. The molecule has 1 aromatic heterocycles. The van der Waals surface area contributed by atoms with Crippen LogP contribution in [0.3, 0.4) is 0 Å². The third kappa shape index (κ3) is 4.46. The van der Waals surface area contributed by atoms with Gasteiger partial charge >= 0.3 is 0 Å². The molecule has 4 nitrogen and oxygen atoms in total. The zero-order chi connectivity index (χ0) is 14.5. The fraction of sp³-hybridized carbons (Fsp3) is 0.467. The van der Waals surface area contributed by atoms with E-state index in [4.69, 9.17) is 16.1 Å². The Kier molecular flexibility index (Phi) is 5.17. The molecule has 0 spiro atoms. The van der Waals surface area contributed by atoms with Gasteiger partial charge in [0.25, 0.3) is 0 Å². The summed E-state index contributed by atoms with van der Waals surface area (Å²) < 4.78 is 5.35. The van der Waals surface area contributed by atoms with Crippen molar-refractivity contribution in [2.24, 2.45) is 5.92 Å². The minimum absolute atomic E-state index is 0.621. The number of hydrogen-bond donors (Lipinski definition) is 1. The normalized spacial score (nSPS) is 18.8. The molecule has 3 rings (SSSR count). The molecule has 0 radical (unpaired) electrons. The molecule has 0 saturated carbocycles. The highest BCUT2D eigenvalue weighted by Gasteiger charge is 2.17. The Morgan fingerprint density at radius 1 is 1.33 bits per heavy atom. The second kappa shape index (κ2) is 7.29. The molecule has 0 amide bonds. The van der Waals surface area contributed by atoms with E-state index in [1.54, 1.807) is 11.8 Å². The molecule has 112 valence electrons. The van der Waals surface area contributed by atoms with Crippen LogP contribution >= 0.6 is 23.4 Å². The highest BCUT2D eigenvalue weighted by molar-refractivity contribution is 7.98. The number of aromatic nitrogens is 2. The molecular weight excluding hydrogens is 306 g/mol. The average Bonchev–Trinajstić information content (AvgIpc) is 2.95. The van der Waals surface area contributed by atoms with Gasteiger partial charge in [-0.25, -0.2) is 0 Å². The van der Waals surface area contributed by atoms with Gasteiger partial charge in [0.05, 0.1) is 5.75 Å². The van der Waals surface area contributed by atoms with E-state index < -0.39 is 0 Å². The SMILES string of the molecule is Clc1ccc(SCc2noc(CC3CCCNC3)n2)cc1. The van der Waals surface area contributed by atoms with Crippen molar-refractivity contribution in [1.29, 1.82) is 0 Å². The first-order valence-electron chi connectivity index (χ1n) is 7.20. The molecule has 0 bridgehead atoms. The lowest BCUT2D eigenvalue weighted by atomic mass is 9.96. The van der Waals surface area contributed by atoms with Crippen molar-refractivity contribution < 1.29 is 4.52 Å². The predicted molar refractivity (Wildman–Crippen MR) is 84.6 cm³/mol. The third-order valence-electron chi connectivity index (χ3n) is 3.55. The first-order valence-corrected chi connectivity index (χ1v) is 8.56. The molecule has 1 fully saturated rings. The van der Waals surface area contributed by atoms with Crippen LogP contribution in [0.15, 0.2) is 33.7 Å². The second-order valence-electron chi connectivity index (χ2n) is 5.26. The topological polar surface area (TPSA) is 51.0 Å². The van der Waals surface area contributed by atoms with Crippen LogP contribution in [0.1, 0.15) is 24.6 Å². The Balaban J connectivity index is 1.51.